The molecule has 0 atom stereocenters. The number of fused-ring (bicyclic) bond motifs is 1. The number of hydrogen-bond acceptors (Lipinski definition) is 6. The SMILES string of the molecule is CN1CCN(c2ccc(CC(=O)Nc3n[nH]c4ncc(Sc5cc(F)cc(F)c5)cc34)cc2)CC1. The molecule has 5 rings (SSSR count). The van der Waals surface area contributed by atoms with Crippen molar-refractivity contribution in [1.29, 1.82) is 0 Å². The van der Waals surface area contributed by atoms with Crippen LogP contribution in [0.5, 0.6) is 0 Å². The summed E-state index contributed by atoms with van der Waals surface area (Å²) >= 11 is 1.17. The van der Waals surface area contributed by atoms with Crippen LogP contribution in [0, 0.1) is 11.6 Å². The third-order valence-corrected chi connectivity index (χ3v) is 6.82. The van der Waals surface area contributed by atoms with E-state index in [0.29, 0.717) is 26.6 Å². The van der Waals surface area contributed by atoms with Gasteiger partial charge in [0, 0.05) is 53.9 Å². The first kappa shape index (κ1) is 23.3. The normalized spacial score (nSPS) is 14.4. The van der Waals surface area contributed by atoms with Crippen LogP contribution in [0.2, 0.25) is 0 Å². The number of halogens is 2. The average Bonchev–Trinajstić information content (AvgIpc) is 3.21. The number of carbonyl (C=O) groups is 1. The minimum absolute atomic E-state index is 0.198. The first-order chi connectivity index (χ1) is 16.9. The van der Waals surface area contributed by atoms with Gasteiger partial charge in [-0.15, -0.1) is 0 Å². The van der Waals surface area contributed by atoms with Crippen molar-refractivity contribution < 1.29 is 13.6 Å². The Hall–Kier alpha value is -3.50. The molecule has 10 heteroatoms. The van der Waals surface area contributed by atoms with Crippen molar-refractivity contribution in [1.82, 2.24) is 20.1 Å². The number of carbonyl (C=O) groups excluding carboxylic acids is 1. The standard InChI is InChI=1S/C25H24F2N6OS/c1-32-6-8-33(9-7-32)19-4-2-16(3-5-19)10-23(34)29-25-22-14-21(15-28-24(22)30-31-25)35-20-12-17(26)11-18(27)13-20/h2-5,11-15H,6-10H2,1H3,(H2,28,29,30,31,34). The predicted molar refractivity (Wildman–Crippen MR) is 133 cm³/mol. The van der Waals surface area contributed by atoms with Crippen LogP contribution in [0.4, 0.5) is 20.3 Å². The second-order valence-corrected chi connectivity index (χ2v) is 9.68. The molecule has 1 aliphatic heterocycles. The summed E-state index contributed by atoms with van der Waals surface area (Å²) in [5, 5.41) is 10.4. The molecule has 1 amide bonds. The van der Waals surface area contributed by atoms with Gasteiger partial charge in [-0.3, -0.25) is 9.89 Å². The van der Waals surface area contributed by atoms with Gasteiger partial charge in [0.1, 0.15) is 11.6 Å². The van der Waals surface area contributed by atoms with Crippen LogP contribution in [-0.2, 0) is 11.2 Å². The van der Waals surface area contributed by atoms with Gasteiger partial charge >= 0.3 is 0 Å². The van der Waals surface area contributed by atoms with Crippen LogP contribution in [0.3, 0.4) is 0 Å². The summed E-state index contributed by atoms with van der Waals surface area (Å²) in [6, 6.07) is 13.2. The van der Waals surface area contributed by atoms with E-state index >= 15 is 0 Å². The van der Waals surface area contributed by atoms with Gasteiger partial charge in [0.05, 0.1) is 11.8 Å². The molecule has 0 bridgehead atoms. The van der Waals surface area contributed by atoms with Crippen LogP contribution in [0.15, 0.2) is 64.5 Å². The highest BCUT2D eigenvalue weighted by Gasteiger charge is 2.15. The maximum atomic E-state index is 13.5. The fourth-order valence-corrected chi connectivity index (χ4v) is 4.91. The Morgan fingerprint density at radius 1 is 1.03 bits per heavy atom. The molecule has 0 saturated carbocycles. The van der Waals surface area contributed by atoms with Crippen molar-refractivity contribution in [3.05, 3.63) is 71.9 Å². The van der Waals surface area contributed by atoms with Crippen LogP contribution in [0.25, 0.3) is 11.0 Å². The highest BCUT2D eigenvalue weighted by Crippen LogP contribution is 2.31. The monoisotopic (exact) mass is 494 g/mol. The summed E-state index contributed by atoms with van der Waals surface area (Å²) < 4.78 is 27.0. The average molecular weight is 495 g/mol. The molecule has 1 aliphatic rings. The fraction of sp³-hybridized carbons (Fsp3) is 0.240. The highest BCUT2D eigenvalue weighted by molar-refractivity contribution is 7.99. The minimum Gasteiger partial charge on any atom is -0.369 e. The summed E-state index contributed by atoms with van der Waals surface area (Å²) in [5.74, 6) is -1.13. The molecule has 2 aromatic heterocycles. The number of piperazine rings is 1. The van der Waals surface area contributed by atoms with Gasteiger partial charge in [0.25, 0.3) is 0 Å². The lowest BCUT2D eigenvalue weighted by atomic mass is 10.1. The molecule has 0 spiro atoms. The first-order valence-electron chi connectivity index (χ1n) is 11.2. The zero-order valence-electron chi connectivity index (χ0n) is 19.1. The molecule has 3 heterocycles. The van der Waals surface area contributed by atoms with Gasteiger partial charge < -0.3 is 15.1 Å². The van der Waals surface area contributed by atoms with E-state index in [9.17, 15) is 13.6 Å². The number of anilines is 2. The molecular weight excluding hydrogens is 470 g/mol. The predicted octanol–water partition coefficient (Wildman–Crippen LogP) is 4.32. The second-order valence-electron chi connectivity index (χ2n) is 8.53. The lowest BCUT2D eigenvalue weighted by Crippen LogP contribution is -2.44. The van der Waals surface area contributed by atoms with E-state index in [0.717, 1.165) is 43.5 Å². The Kier molecular flexibility index (Phi) is 6.65. The molecule has 0 radical (unpaired) electrons. The number of benzene rings is 2. The smallest absolute Gasteiger partial charge is 0.230 e. The minimum atomic E-state index is -0.644. The number of hydrogen-bond donors (Lipinski definition) is 2. The molecule has 1 saturated heterocycles. The van der Waals surface area contributed by atoms with Gasteiger partial charge in [0.15, 0.2) is 11.5 Å². The maximum absolute atomic E-state index is 13.5. The Morgan fingerprint density at radius 2 is 1.74 bits per heavy atom. The zero-order valence-corrected chi connectivity index (χ0v) is 19.9. The van der Waals surface area contributed by atoms with Gasteiger partial charge in [0.2, 0.25) is 5.91 Å². The fourth-order valence-electron chi connectivity index (χ4n) is 4.01. The van der Waals surface area contributed by atoms with E-state index in [2.05, 4.69) is 49.5 Å². The van der Waals surface area contributed by atoms with Crippen molar-refractivity contribution in [3.63, 3.8) is 0 Å². The summed E-state index contributed by atoms with van der Waals surface area (Å²) in [6.07, 6.45) is 1.79. The molecule has 180 valence electrons. The lowest BCUT2D eigenvalue weighted by Gasteiger charge is -2.34. The maximum Gasteiger partial charge on any atom is 0.230 e. The van der Waals surface area contributed by atoms with Crippen LogP contribution in [-0.4, -0.2) is 59.2 Å². The molecule has 2 aromatic carbocycles. The van der Waals surface area contributed by atoms with Crippen LogP contribution in [0.1, 0.15) is 5.56 Å². The van der Waals surface area contributed by atoms with E-state index in [1.807, 2.05) is 12.1 Å². The third-order valence-electron chi connectivity index (χ3n) is 5.89. The number of nitrogens with zero attached hydrogens (tertiary/aromatic N) is 4. The Morgan fingerprint density at radius 3 is 2.46 bits per heavy atom. The molecule has 0 aliphatic carbocycles. The number of rotatable bonds is 6. The number of likely N-dealkylation sites (N-methyl/N-ethyl adjacent to an activating group) is 1. The van der Waals surface area contributed by atoms with Crippen molar-refractivity contribution in [2.24, 2.45) is 0 Å². The first-order valence-corrected chi connectivity index (χ1v) is 12.0. The largest absolute Gasteiger partial charge is 0.369 e. The van der Waals surface area contributed by atoms with E-state index in [4.69, 9.17) is 0 Å². The van der Waals surface area contributed by atoms with Gasteiger partial charge in [-0.25, -0.2) is 13.8 Å². The van der Waals surface area contributed by atoms with Gasteiger partial charge in [-0.05, 0) is 42.9 Å². The second kappa shape index (κ2) is 10.0. The van der Waals surface area contributed by atoms with Crippen molar-refractivity contribution >= 4 is 40.2 Å². The summed E-state index contributed by atoms with van der Waals surface area (Å²) in [6.45, 7) is 4.06. The number of aromatic amines is 1. The van der Waals surface area contributed by atoms with Crippen molar-refractivity contribution in [2.75, 3.05) is 43.4 Å². The molecule has 4 aromatic rings. The molecule has 35 heavy (non-hydrogen) atoms. The van der Waals surface area contributed by atoms with E-state index in [1.165, 1.54) is 23.9 Å². The Labute approximate surface area is 205 Å². The van der Waals surface area contributed by atoms with Crippen LogP contribution < -0.4 is 10.2 Å². The van der Waals surface area contributed by atoms with Gasteiger partial charge in [-0.2, -0.15) is 5.10 Å². The highest BCUT2D eigenvalue weighted by atomic mass is 32.2. The van der Waals surface area contributed by atoms with E-state index < -0.39 is 11.6 Å². The van der Waals surface area contributed by atoms with E-state index in [1.54, 1.807) is 12.3 Å². The number of pyridine rings is 1. The summed E-state index contributed by atoms with van der Waals surface area (Å²) in [7, 11) is 2.13. The van der Waals surface area contributed by atoms with E-state index in [-0.39, 0.29) is 12.3 Å². The molecule has 1 fully saturated rings. The number of nitrogens with one attached hydrogen (secondary N) is 2. The molecular formula is C25H24F2N6OS. The van der Waals surface area contributed by atoms with Crippen molar-refractivity contribution in [2.45, 2.75) is 16.2 Å². The molecule has 7 nitrogen and oxygen atoms in total. The summed E-state index contributed by atoms with van der Waals surface area (Å²) in [4.78, 5) is 22.8. The topological polar surface area (TPSA) is 77.1 Å². The summed E-state index contributed by atoms with van der Waals surface area (Å²) in [5.41, 5.74) is 2.57. The zero-order chi connectivity index (χ0) is 24.4. The molecule has 2 N–H and O–H groups in total. The van der Waals surface area contributed by atoms with Crippen LogP contribution >= 0.6 is 11.8 Å². The number of H-pyrrole nitrogens is 1. The third kappa shape index (κ3) is 5.60. The number of amides is 1. The lowest BCUT2D eigenvalue weighted by molar-refractivity contribution is -0.115. The van der Waals surface area contributed by atoms with Crippen molar-refractivity contribution in [3.8, 4) is 0 Å². The molecule has 0 unspecified atom stereocenters. The Bertz CT molecular complexity index is 1330. The Balaban J connectivity index is 1.25. The van der Waals surface area contributed by atoms with Gasteiger partial charge in [-0.1, -0.05) is 23.9 Å². The quantitative estimate of drug-likeness (QED) is 0.416. The number of aromatic nitrogens is 3.